The minimum Gasteiger partial charge on any atom is -0.462 e. The molecule has 0 aromatic carbocycles. The summed E-state index contributed by atoms with van der Waals surface area (Å²) in [4.78, 5) is 14.3. The quantitative estimate of drug-likeness (QED) is 0.649. The first kappa shape index (κ1) is 21.1. The minimum absolute atomic E-state index is 0.0607. The van der Waals surface area contributed by atoms with E-state index in [1.807, 2.05) is 6.92 Å². The van der Waals surface area contributed by atoms with E-state index in [9.17, 15) is 9.90 Å². The van der Waals surface area contributed by atoms with Crippen LogP contribution in [0.25, 0.3) is 0 Å². The molecule has 1 spiro atoms. The van der Waals surface area contributed by atoms with Gasteiger partial charge in [0.2, 0.25) is 0 Å². The fourth-order valence-electron chi connectivity index (χ4n) is 7.40. The molecule has 2 aliphatic carbocycles. The van der Waals surface area contributed by atoms with Gasteiger partial charge in [0.05, 0.1) is 56.9 Å². The summed E-state index contributed by atoms with van der Waals surface area (Å²) in [6.07, 6.45) is 5.82. The summed E-state index contributed by atoms with van der Waals surface area (Å²) >= 11 is 0. The molecule has 170 valence electrons. The number of ether oxygens (including phenoxy) is 4. The van der Waals surface area contributed by atoms with Crippen LogP contribution in [0.2, 0.25) is 0 Å². The van der Waals surface area contributed by atoms with Crippen molar-refractivity contribution in [2.45, 2.75) is 81.9 Å². The van der Waals surface area contributed by atoms with Crippen LogP contribution in [-0.4, -0.2) is 74.1 Å². The van der Waals surface area contributed by atoms with Gasteiger partial charge in [-0.2, -0.15) is 0 Å². The summed E-state index contributed by atoms with van der Waals surface area (Å²) in [6, 6.07) is 0. The molecule has 0 amide bonds. The predicted molar refractivity (Wildman–Crippen MR) is 108 cm³/mol. The van der Waals surface area contributed by atoms with Gasteiger partial charge in [-0.3, -0.25) is 4.79 Å². The van der Waals surface area contributed by atoms with Crippen molar-refractivity contribution >= 4 is 5.97 Å². The number of quaternary nitrogens is 1. The number of likely N-dealkylation sites (tertiary alicyclic amines) is 1. The molecule has 3 aliphatic heterocycles. The molecular weight excluding hydrogens is 386 g/mol. The average Bonchev–Trinajstić information content (AvgIpc) is 3.28. The number of carbonyl (C=O) groups is 1. The Bertz CT molecular complexity index is 685. The zero-order valence-electron chi connectivity index (χ0n) is 18.7. The number of esters is 1. The highest BCUT2D eigenvalue weighted by Gasteiger charge is 2.68. The lowest BCUT2D eigenvalue weighted by Gasteiger charge is -2.61. The molecule has 30 heavy (non-hydrogen) atoms. The molecule has 5 fully saturated rings. The van der Waals surface area contributed by atoms with Gasteiger partial charge in [-0.15, -0.1) is 0 Å². The number of nitrogens with one attached hydrogen (secondary N) is 1. The van der Waals surface area contributed by atoms with E-state index < -0.39 is 11.2 Å². The van der Waals surface area contributed by atoms with Gasteiger partial charge in [-0.05, 0) is 39.0 Å². The third-order valence-corrected chi connectivity index (χ3v) is 9.49. The van der Waals surface area contributed by atoms with Crippen LogP contribution in [0.15, 0.2) is 0 Å². The highest BCUT2D eigenvalue weighted by Crippen LogP contribution is 2.61. The van der Waals surface area contributed by atoms with E-state index in [1.165, 1.54) is 4.90 Å². The molecule has 0 unspecified atom stereocenters. The first-order valence-corrected chi connectivity index (χ1v) is 11.8. The molecule has 3 saturated heterocycles. The Hall–Kier alpha value is -0.730. The van der Waals surface area contributed by atoms with Crippen molar-refractivity contribution in [3.63, 3.8) is 0 Å². The topological polar surface area (TPSA) is 78.7 Å². The van der Waals surface area contributed by atoms with E-state index in [-0.39, 0.29) is 35.1 Å². The van der Waals surface area contributed by atoms with Crippen LogP contribution in [0, 0.1) is 17.3 Å². The summed E-state index contributed by atoms with van der Waals surface area (Å²) < 4.78 is 23.5. The molecule has 2 N–H and O–H groups in total. The van der Waals surface area contributed by atoms with Crippen LogP contribution in [0.5, 0.6) is 0 Å². The van der Waals surface area contributed by atoms with Crippen molar-refractivity contribution in [3.8, 4) is 0 Å². The van der Waals surface area contributed by atoms with Crippen molar-refractivity contribution in [3.05, 3.63) is 0 Å². The second kappa shape index (κ2) is 7.14. The second-order valence-electron chi connectivity index (χ2n) is 10.9. The van der Waals surface area contributed by atoms with Crippen molar-refractivity contribution in [2.24, 2.45) is 17.3 Å². The second-order valence-corrected chi connectivity index (χ2v) is 10.9. The zero-order chi connectivity index (χ0) is 21.2. The Morgan fingerprint density at radius 2 is 1.80 bits per heavy atom. The lowest BCUT2D eigenvalue weighted by molar-refractivity contribution is -0.911. The van der Waals surface area contributed by atoms with Crippen LogP contribution in [0.3, 0.4) is 0 Å². The monoisotopic (exact) mass is 424 g/mol. The number of methoxy groups -OCH3 is 1. The van der Waals surface area contributed by atoms with Crippen LogP contribution in [0.1, 0.15) is 58.8 Å². The molecule has 2 saturated carbocycles. The maximum absolute atomic E-state index is 12.9. The van der Waals surface area contributed by atoms with Gasteiger partial charge in [-0.25, -0.2) is 0 Å². The highest BCUT2D eigenvalue weighted by atomic mass is 16.7. The lowest BCUT2D eigenvalue weighted by Crippen LogP contribution is -3.14. The number of carbonyl (C=O) groups excluding carboxylic acids is 1. The van der Waals surface area contributed by atoms with E-state index in [4.69, 9.17) is 18.9 Å². The van der Waals surface area contributed by atoms with E-state index in [0.717, 1.165) is 58.2 Å². The fourth-order valence-corrected chi connectivity index (χ4v) is 7.40. The smallest absolute Gasteiger partial charge is 0.315 e. The maximum Gasteiger partial charge on any atom is 0.315 e. The molecule has 0 aromatic rings. The highest BCUT2D eigenvalue weighted by molar-refractivity contribution is 5.75. The molecule has 0 radical (unpaired) electrons. The Morgan fingerprint density at radius 1 is 1.10 bits per heavy atom. The lowest BCUT2D eigenvalue weighted by atomic mass is 9.49. The predicted octanol–water partition coefficient (Wildman–Crippen LogP) is 0.686. The summed E-state index contributed by atoms with van der Waals surface area (Å²) in [6.45, 7) is 8.24. The van der Waals surface area contributed by atoms with Crippen molar-refractivity contribution in [1.29, 1.82) is 0 Å². The number of aliphatic hydroxyl groups is 1. The summed E-state index contributed by atoms with van der Waals surface area (Å²) in [5.74, 6) is -0.547. The van der Waals surface area contributed by atoms with Gasteiger partial charge < -0.3 is 29.0 Å². The molecule has 3 heterocycles. The third kappa shape index (κ3) is 2.99. The van der Waals surface area contributed by atoms with Gasteiger partial charge >= 0.3 is 5.97 Å². The van der Waals surface area contributed by atoms with E-state index >= 15 is 0 Å². The Balaban J connectivity index is 1.32. The Morgan fingerprint density at radius 3 is 2.47 bits per heavy atom. The Labute approximate surface area is 179 Å². The molecule has 0 bridgehead atoms. The summed E-state index contributed by atoms with van der Waals surface area (Å²) in [7, 11) is 1.71. The van der Waals surface area contributed by atoms with E-state index in [1.54, 1.807) is 7.11 Å². The SMILES string of the molecule is CO[C@]1(C)CCC[C@]2(C)C[C@H]3OC(=O)[C@@H](C[NH+]4CCC5(CC4)OCCO5)[C@H]3C[C@]21O. The number of piperidine rings is 1. The van der Waals surface area contributed by atoms with Crippen LogP contribution in [-0.2, 0) is 23.7 Å². The molecule has 7 nitrogen and oxygen atoms in total. The number of fused-ring (bicyclic) bond motifs is 2. The number of hydrogen-bond acceptors (Lipinski definition) is 6. The molecule has 5 aliphatic rings. The zero-order valence-corrected chi connectivity index (χ0v) is 18.7. The summed E-state index contributed by atoms with van der Waals surface area (Å²) in [5.41, 5.74) is -1.80. The van der Waals surface area contributed by atoms with Crippen LogP contribution < -0.4 is 4.90 Å². The van der Waals surface area contributed by atoms with Gasteiger partial charge in [-0.1, -0.05) is 6.92 Å². The van der Waals surface area contributed by atoms with Gasteiger partial charge in [0.15, 0.2) is 5.79 Å². The van der Waals surface area contributed by atoms with Gasteiger partial charge in [0.1, 0.15) is 12.0 Å². The fraction of sp³-hybridized carbons (Fsp3) is 0.957. The first-order valence-electron chi connectivity index (χ1n) is 11.8. The third-order valence-electron chi connectivity index (χ3n) is 9.49. The molecule has 6 atom stereocenters. The average molecular weight is 425 g/mol. The maximum atomic E-state index is 12.9. The minimum atomic E-state index is -0.937. The standard InChI is InChI=1S/C23H37NO6/c1-20-5-4-6-21(2,27-3)23(20,26)13-16-17(19(25)30-18(16)14-20)15-24-9-7-22(8-10-24)28-11-12-29-22/h16-18,26H,4-15H2,1-3H3/p+1/t16-,17+,18-,20-,21-,23+/m1/s1. The van der Waals surface area contributed by atoms with Crippen molar-refractivity contribution < 1.29 is 33.7 Å². The largest absolute Gasteiger partial charge is 0.462 e. The van der Waals surface area contributed by atoms with E-state index in [2.05, 4.69) is 6.92 Å². The van der Waals surface area contributed by atoms with Gasteiger partial charge in [0, 0.05) is 18.4 Å². The van der Waals surface area contributed by atoms with E-state index in [0.29, 0.717) is 19.6 Å². The molecule has 7 heteroatoms. The number of rotatable bonds is 3. The first-order chi connectivity index (χ1) is 14.2. The van der Waals surface area contributed by atoms with Crippen molar-refractivity contribution in [1.82, 2.24) is 0 Å². The molecule has 0 aromatic heterocycles. The van der Waals surface area contributed by atoms with Gasteiger partial charge in [0.25, 0.3) is 0 Å². The summed E-state index contributed by atoms with van der Waals surface area (Å²) in [5, 5.41) is 12.0. The normalized spacial score (nSPS) is 48.4. The van der Waals surface area contributed by atoms with Crippen molar-refractivity contribution in [2.75, 3.05) is 40.0 Å². The Kier molecular flexibility index (Phi) is 5.03. The molecule has 5 rings (SSSR count). The molecular formula is C23H38NO6+. The van der Waals surface area contributed by atoms with Crippen LogP contribution in [0.4, 0.5) is 0 Å². The number of hydrogen-bond donors (Lipinski definition) is 2. The van der Waals surface area contributed by atoms with Crippen LogP contribution >= 0.6 is 0 Å².